The Morgan fingerprint density at radius 2 is 1.85 bits per heavy atom. The Bertz CT molecular complexity index is 879. The van der Waals surface area contributed by atoms with Crippen molar-refractivity contribution in [2.24, 2.45) is 0 Å². The molecule has 0 radical (unpaired) electrons. The first-order valence-electron chi connectivity index (χ1n) is 11.2. The predicted octanol–water partition coefficient (Wildman–Crippen LogP) is 2.40. The van der Waals surface area contributed by atoms with Gasteiger partial charge in [-0.2, -0.15) is 0 Å². The average molecular weight is 472 g/mol. The Morgan fingerprint density at radius 3 is 2.58 bits per heavy atom. The molecule has 1 aliphatic rings. The summed E-state index contributed by atoms with van der Waals surface area (Å²) in [6, 6.07) is 17.2. The molecule has 0 aliphatic carbocycles. The van der Waals surface area contributed by atoms with Gasteiger partial charge in [-0.3, -0.25) is 9.59 Å². The van der Waals surface area contributed by atoms with E-state index in [-0.39, 0.29) is 18.2 Å². The van der Waals surface area contributed by atoms with Crippen LogP contribution in [0.4, 0.5) is 0 Å². The van der Waals surface area contributed by atoms with E-state index in [0.29, 0.717) is 38.0 Å². The summed E-state index contributed by atoms with van der Waals surface area (Å²) < 4.78 is 11.3. The molecule has 2 aromatic rings. The number of thioether (sulfide) groups is 1. The van der Waals surface area contributed by atoms with Gasteiger partial charge >= 0.3 is 0 Å². The quantitative estimate of drug-likeness (QED) is 0.480. The molecule has 1 N–H and O–H groups in total. The van der Waals surface area contributed by atoms with Crippen LogP contribution in [0.1, 0.15) is 11.1 Å². The molecule has 0 saturated carbocycles. The van der Waals surface area contributed by atoms with Gasteiger partial charge in [0.05, 0.1) is 25.5 Å². The van der Waals surface area contributed by atoms with E-state index in [4.69, 9.17) is 9.47 Å². The van der Waals surface area contributed by atoms with Gasteiger partial charge in [-0.15, -0.1) is 11.8 Å². The monoisotopic (exact) mass is 471 g/mol. The van der Waals surface area contributed by atoms with Gasteiger partial charge < -0.3 is 24.6 Å². The maximum atomic E-state index is 13.0. The van der Waals surface area contributed by atoms with Gasteiger partial charge in [-0.25, -0.2) is 0 Å². The molecule has 2 aromatic carbocycles. The second kappa shape index (κ2) is 13.2. The lowest BCUT2D eigenvalue weighted by atomic mass is 10.1. The van der Waals surface area contributed by atoms with Gasteiger partial charge in [-0.1, -0.05) is 42.5 Å². The number of amides is 2. The van der Waals surface area contributed by atoms with Gasteiger partial charge in [0.2, 0.25) is 11.8 Å². The van der Waals surface area contributed by atoms with Crippen LogP contribution < -0.4 is 10.1 Å². The summed E-state index contributed by atoms with van der Waals surface area (Å²) in [7, 11) is 3.64. The van der Waals surface area contributed by atoms with E-state index in [1.165, 1.54) is 0 Å². The first-order chi connectivity index (χ1) is 16.1. The summed E-state index contributed by atoms with van der Waals surface area (Å²) >= 11 is 1.61. The lowest BCUT2D eigenvalue weighted by Gasteiger charge is -2.27. The third kappa shape index (κ3) is 7.77. The smallest absolute Gasteiger partial charge is 0.246 e. The summed E-state index contributed by atoms with van der Waals surface area (Å²) in [5.41, 5.74) is 2.01. The van der Waals surface area contributed by atoms with Crippen LogP contribution in [-0.4, -0.2) is 79.7 Å². The molecule has 0 bridgehead atoms. The summed E-state index contributed by atoms with van der Waals surface area (Å²) in [5.74, 6) is 1.87. The number of carbonyl (C=O) groups is 2. The van der Waals surface area contributed by atoms with E-state index >= 15 is 0 Å². The van der Waals surface area contributed by atoms with Crippen molar-refractivity contribution in [2.75, 3.05) is 52.0 Å². The molecule has 3 rings (SSSR count). The third-order valence-electron chi connectivity index (χ3n) is 5.46. The zero-order chi connectivity index (χ0) is 23.5. The van der Waals surface area contributed by atoms with Gasteiger partial charge in [0, 0.05) is 25.9 Å². The Kier molecular flexibility index (Phi) is 10.1. The van der Waals surface area contributed by atoms with Gasteiger partial charge in [0.25, 0.3) is 0 Å². The van der Waals surface area contributed by atoms with Crippen LogP contribution >= 0.6 is 11.8 Å². The highest BCUT2D eigenvalue weighted by Crippen LogP contribution is 2.24. The Balaban J connectivity index is 1.47. The fourth-order valence-electron chi connectivity index (χ4n) is 3.46. The van der Waals surface area contributed by atoms with Crippen LogP contribution in [0, 0.1) is 0 Å². The molecule has 1 heterocycles. The van der Waals surface area contributed by atoms with Crippen molar-refractivity contribution in [1.29, 1.82) is 0 Å². The van der Waals surface area contributed by atoms with Crippen molar-refractivity contribution in [1.82, 2.24) is 15.1 Å². The highest BCUT2D eigenvalue weighted by Gasteiger charge is 2.35. The first kappa shape index (κ1) is 25.1. The van der Waals surface area contributed by atoms with Crippen molar-refractivity contribution in [3.05, 3.63) is 65.7 Å². The first-order valence-corrected chi connectivity index (χ1v) is 12.3. The van der Waals surface area contributed by atoms with Gasteiger partial charge in [0.15, 0.2) is 0 Å². The molecule has 1 unspecified atom stereocenters. The van der Waals surface area contributed by atoms with E-state index in [1.54, 1.807) is 28.6 Å². The number of rotatable bonds is 12. The summed E-state index contributed by atoms with van der Waals surface area (Å²) in [5, 5.41) is 3.02. The molecule has 1 saturated heterocycles. The van der Waals surface area contributed by atoms with E-state index in [9.17, 15) is 9.59 Å². The Morgan fingerprint density at radius 1 is 1.09 bits per heavy atom. The number of hydrogen-bond acceptors (Lipinski definition) is 6. The topological polar surface area (TPSA) is 71.1 Å². The number of hydrogen-bond donors (Lipinski definition) is 1. The maximum Gasteiger partial charge on any atom is 0.246 e. The number of nitrogens with one attached hydrogen (secondary N) is 1. The van der Waals surface area contributed by atoms with E-state index < -0.39 is 6.04 Å². The van der Waals surface area contributed by atoms with Crippen LogP contribution in [0.5, 0.6) is 5.75 Å². The van der Waals surface area contributed by atoms with Gasteiger partial charge in [-0.05, 0) is 30.3 Å². The minimum atomic E-state index is -0.418. The number of likely N-dealkylation sites (N-methyl/N-ethyl adjacent to an activating group) is 2. The molecule has 1 atom stereocenters. The predicted molar refractivity (Wildman–Crippen MR) is 131 cm³/mol. The van der Waals surface area contributed by atoms with E-state index in [1.807, 2.05) is 61.6 Å². The zero-order valence-electron chi connectivity index (χ0n) is 19.4. The minimum Gasteiger partial charge on any atom is -0.489 e. The molecule has 1 fully saturated rings. The molecular formula is C25H33N3O4S. The fraction of sp³-hybridized carbons (Fsp3) is 0.440. The largest absolute Gasteiger partial charge is 0.489 e. The second-order valence-electron chi connectivity index (χ2n) is 7.95. The van der Waals surface area contributed by atoms with Crippen molar-refractivity contribution in [3.8, 4) is 5.75 Å². The average Bonchev–Trinajstić information content (AvgIpc) is 3.34. The highest BCUT2D eigenvalue weighted by molar-refractivity contribution is 7.99. The lowest BCUT2D eigenvalue weighted by molar-refractivity contribution is -0.142. The molecule has 0 aromatic heterocycles. The molecule has 0 spiro atoms. The normalized spacial score (nSPS) is 15.5. The second-order valence-corrected chi connectivity index (χ2v) is 8.95. The highest BCUT2D eigenvalue weighted by atomic mass is 32.2. The van der Waals surface area contributed by atoms with Crippen molar-refractivity contribution in [2.45, 2.75) is 19.1 Å². The molecule has 33 heavy (non-hydrogen) atoms. The Hall–Kier alpha value is -2.55. The third-order valence-corrected chi connectivity index (χ3v) is 6.47. The van der Waals surface area contributed by atoms with Crippen molar-refractivity contribution >= 4 is 23.6 Å². The zero-order valence-corrected chi connectivity index (χ0v) is 20.2. The van der Waals surface area contributed by atoms with E-state index in [2.05, 4.69) is 5.32 Å². The number of carbonyl (C=O) groups excluding carboxylic acids is 2. The van der Waals surface area contributed by atoms with Gasteiger partial charge in [0.1, 0.15) is 18.4 Å². The standard InChI is InChI=1S/C25H33N3O4S/c1-26-12-14-31-15-13-27(2)25(30)23-18-33-19-28(23)24(29)16-20-8-10-22(11-9-20)32-17-21-6-4-3-5-7-21/h3-11,23,26H,12-19H2,1-2H3. The van der Waals surface area contributed by atoms with Crippen LogP contribution in [0.3, 0.4) is 0 Å². The minimum absolute atomic E-state index is 0.0322. The Labute approximate surface area is 200 Å². The maximum absolute atomic E-state index is 13.0. The fourth-order valence-corrected chi connectivity index (χ4v) is 4.63. The van der Waals surface area contributed by atoms with Crippen molar-refractivity contribution in [3.63, 3.8) is 0 Å². The number of nitrogens with zero attached hydrogens (tertiary/aromatic N) is 2. The number of ether oxygens (including phenoxy) is 2. The van der Waals surface area contributed by atoms with Crippen LogP contribution in [0.25, 0.3) is 0 Å². The summed E-state index contributed by atoms with van der Waals surface area (Å²) in [4.78, 5) is 29.2. The molecule has 8 heteroatoms. The number of benzene rings is 2. The SMILES string of the molecule is CNCCOCCN(C)C(=O)C1CSCN1C(=O)Cc1ccc(OCc2ccccc2)cc1. The molecule has 2 amide bonds. The van der Waals surface area contributed by atoms with Crippen LogP contribution in [-0.2, 0) is 27.4 Å². The van der Waals surface area contributed by atoms with Crippen molar-refractivity contribution < 1.29 is 19.1 Å². The lowest BCUT2D eigenvalue weighted by Crippen LogP contribution is -2.48. The van der Waals surface area contributed by atoms with E-state index in [0.717, 1.165) is 23.4 Å². The summed E-state index contributed by atoms with van der Waals surface area (Å²) in [6.45, 7) is 2.88. The molecule has 1 aliphatic heterocycles. The summed E-state index contributed by atoms with van der Waals surface area (Å²) in [6.07, 6.45) is 0.264. The molecule has 7 nitrogen and oxygen atoms in total. The molecule has 178 valence electrons. The van der Waals surface area contributed by atoms with Crippen LogP contribution in [0.15, 0.2) is 54.6 Å². The molecular weight excluding hydrogens is 438 g/mol. The van der Waals surface area contributed by atoms with Crippen LogP contribution in [0.2, 0.25) is 0 Å².